The topological polar surface area (TPSA) is 70.9 Å². The summed E-state index contributed by atoms with van der Waals surface area (Å²) in [6.45, 7) is 0. The average molecular weight is 335 g/mol. The molecule has 0 saturated heterocycles. The molecule has 0 aliphatic carbocycles. The molecule has 78 valence electrons. The van der Waals surface area contributed by atoms with Crippen molar-refractivity contribution < 1.29 is 9.21 Å². The van der Waals surface area contributed by atoms with Gasteiger partial charge in [0.25, 0.3) is 5.91 Å². The molecule has 2 aromatic heterocycles. The van der Waals surface area contributed by atoms with Crippen LogP contribution in [-0.2, 0) is 0 Å². The third-order valence-electron chi connectivity index (χ3n) is 1.69. The molecule has 15 heavy (non-hydrogen) atoms. The van der Waals surface area contributed by atoms with Crippen molar-refractivity contribution in [2.75, 3.05) is 5.32 Å². The van der Waals surface area contributed by atoms with Crippen LogP contribution in [0.25, 0.3) is 0 Å². The minimum atomic E-state index is -0.277. The molecule has 0 spiro atoms. The lowest BCUT2D eigenvalue weighted by Gasteiger charge is -2.00. The molecule has 7 heteroatoms. The fourth-order valence-corrected chi connectivity index (χ4v) is 1.71. The molecular weight excluding hydrogens is 330 g/mol. The largest absolute Gasteiger partial charge is 0.457 e. The fraction of sp³-hybridized carbons (Fsp3) is 0. The number of carbonyl (C=O) groups is 1. The SMILES string of the molecule is O=C(Nc1[nH]ncc1Br)c1ccoc1Br. The van der Waals surface area contributed by atoms with Crippen molar-refractivity contribution in [1.29, 1.82) is 0 Å². The monoisotopic (exact) mass is 333 g/mol. The van der Waals surface area contributed by atoms with Gasteiger partial charge in [-0.1, -0.05) is 0 Å². The summed E-state index contributed by atoms with van der Waals surface area (Å²) in [7, 11) is 0. The summed E-state index contributed by atoms with van der Waals surface area (Å²) >= 11 is 6.36. The van der Waals surface area contributed by atoms with E-state index in [4.69, 9.17) is 4.42 Å². The van der Waals surface area contributed by atoms with Crippen LogP contribution in [-0.4, -0.2) is 16.1 Å². The van der Waals surface area contributed by atoms with Gasteiger partial charge >= 0.3 is 0 Å². The highest BCUT2D eigenvalue weighted by Gasteiger charge is 2.14. The van der Waals surface area contributed by atoms with Crippen molar-refractivity contribution >= 4 is 43.6 Å². The maximum Gasteiger partial charge on any atom is 0.261 e. The van der Waals surface area contributed by atoms with Crippen LogP contribution in [0.1, 0.15) is 10.4 Å². The van der Waals surface area contributed by atoms with Gasteiger partial charge in [0.05, 0.1) is 22.5 Å². The Balaban J connectivity index is 2.18. The first-order valence-corrected chi connectivity index (χ1v) is 5.50. The highest BCUT2D eigenvalue weighted by molar-refractivity contribution is 9.10. The number of H-pyrrole nitrogens is 1. The fourth-order valence-electron chi connectivity index (χ4n) is 0.996. The molecular formula is C8H5Br2N3O2. The van der Waals surface area contributed by atoms with E-state index in [9.17, 15) is 4.79 Å². The number of hydrogen-bond acceptors (Lipinski definition) is 3. The van der Waals surface area contributed by atoms with Crippen LogP contribution in [0.3, 0.4) is 0 Å². The maximum absolute atomic E-state index is 11.7. The zero-order valence-electron chi connectivity index (χ0n) is 7.25. The smallest absolute Gasteiger partial charge is 0.261 e. The molecule has 1 amide bonds. The van der Waals surface area contributed by atoms with E-state index in [0.717, 1.165) is 0 Å². The number of amides is 1. The summed E-state index contributed by atoms with van der Waals surface area (Å²) in [4.78, 5) is 11.7. The lowest BCUT2D eigenvalue weighted by molar-refractivity contribution is 0.102. The molecule has 2 aromatic rings. The van der Waals surface area contributed by atoms with Gasteiger partial charge in [-0.05, 0) is 37.9 Å². The minimum absolute atomic E-state index is 0.277. The Labute approximate surface area is 101 Å². The molecule has 2 rings (SSSR count). The number of hydrogen-bond donors (Lipinski definition) is 2. The number of furan rings is 1. The van der Waals surface area contributed by atoms with E-state index in [2.05, 4.69) is 47.4 Å². The number of rotatable bonds is 2. The van der Waals surface area contributed by atoms with Crippen molar-refractivity contribution in [2.45, 2.75) is 0 Å². The van der Waals surface area contributed by atoms with E-state index in [-0.39, 0.29) is 5.91 Å². The zero-order chi connectivity index (χ0) is 10.8. The second kappa shape index (κ2) is 4.19. The molecule has 0 aromatic carbocycles. The van der Waals surface area contributed by atoms with Crippen LogP contribution in [0.2, 0.25) is 0 Å². The molecule has 0 aliphatic heterocycles. The minimum Gasteiger partial charge on any atom is -0.457 e. The van der Waals surface area contributed by atoms with Gasteiger partial charge in [0, 0.05) is 0 Å². The number of nitrogens with one attached hydrogen (secondary N) is 2. The first kappa shape index (κ1) is 10.4. The van der Waals surface area contributed by atoms with Gasteiger partial charge in [-0.25, -0.2) is 0 Å². The Morgan fingerprint density at radius 1 is 1.53 bits per heavy atom. The number of aromatic amines is 1. The van der Waals surface area contributed by atoms with Gasteiger partial charge in [-0.3, -0.25) is 9.89 Å². The van der Waals surface area contributed by atoms with Crippen molar-refractivity contribution in [3.05, 3.63) is 33.2 Å². The van der Waals surface area contributed by atoms with Crippen LogP contribution < -0.4 is 5.32 Å². The molecule has 0 bridgehead atoms. The van der Waals surface area contributed by atoms with Crippen molar-refractivity contribution in [3.63, 3.8) is 0 Å². The number of carbonyl (C=O) groups excluding carboxylic acids is 1. The third kappa shape index (κ3) is 2.13. The molecule has 5 nitrogen and oxygen atoms in total. The average Bonchev–Trinajstić information content (AvgIpc) is 2.76. The first-order valence-electron chi connectivity index (χ1n) is 3.91. The summed E-state index contributed by atoms with van der Waals surface area (Å²) < 4.78 is 6.04. The predicted octanol–water partition coefficient (Wildman–Crippen LogP) is 2.78. The van der Waals surface area contributed by atoms with E-state index < -0.39 is 0 Å². The van der Waals surface area contributed by atoms with Gasteiger partial charge in [-0.15, -0.1) is 0 Å². The van der Waals surface area contributed by atoms with E-state index >= 15 is 0 Å². The van der Waals surface area contributed by atoms with E-state index in [1.165, 1.54) is 6.26 Å². The van der Waals surface area contributed by atoms with Crippen molar-refractivity contribution in [3.8, 4) is 0 Å². The lowest BCUT2D eigenvalue weighted by Crippen LogP contribution is -2.12. The molecule has 2 N–H and O–H groups in total. The Bertz CT molecular complexity index is 492. The highest BCUT2D eigenvalue weighted by atomic mass is 79.9. The highest BCUT2D eigenvalue weighted by Crippen LogP contribution is 2.22. The summed E-state index contributed by atoms with van der Waals surface area (Å²) in [6.07, 6.45) is 2.99. The van der Waals surface area contributed by atoms with Crippen molar-refractivity contribution in [2.24, 2.45) is 0 Å². The molecule has 2 heterocycles. The number of anilines is 1. The first-order chi connectivity index (χ1) is 7.18. The summed E-state index contributed by atoms with van der Waals surface area (Å²) in [5.74, 6) is 0.230. The third-order valence-corrected chi connectivity index (χ3v) is 2.91. The molecule has 0 atom stereocenters. The molecule has 0 fully saturated rings. The van der Waals surface area contributed by atoms with Gasteiger partial charge in [0.1, 0.15) is 5.82 Å². The summed E-state index contributed by atoms with van der Waals surface area (Å²) in [6, 6.07) is 1.57. The van der Waals surface area contributed by atoms with E-state index in [0.29, 0.717) is 20.5 Å². The molecule has 0 unspecified atom stereocenters. The van der Waals surface area contributed by atoms with Gasteiger partial charge in [-0.2, -0.15) is 5.10 Å². The van der Waals surface area contributed by atoms with Gasteiger partial charge in [0.2, 0.25) is 0 Å². The molecule has 0 aliphatic rings. The Morgan fingerprint density at radius 3 is 2.87 bits per heavy atom. The van der Waals surface area contributed by atoms with Crippen molar-refractivity contribution in [1.82, 2.24) is 10.2 Å². The second-order valence-electron chi connectivity index (χ2n) is 2.66. The lowest BCUT2D eigenvalue weighted by atomic mass is 10.3. The Kier molecular flexibility index (Phi) is 2.92. The number of halogens is 2. The quantitative estimate of drug-likeness (QED) is 0.887. The Hall–Kier alpha value is -1.08. The summed E-state index contributed by atoms with van der Waals surface area (Å²) in [5.41, 5.74) is 0.427. The van der Waals surface area contributed by atoms with E-state index in [1.54, 1.807) is 12.3 Å². The normalized spacial score (nSPS) is 10.3. The second-order valence-corrected chi connectivity index (χ2v) is 4.23. The molecule has 0 radical (unpaired) electrons. The molecule has 0 saturated carbocycles. The van der Waals surface area contributed by atoms with Gasteiger partial charge < -0.3 is 9.73 Å². The number of nitrogens with zero attached hydrogens (tertiary/aromatic N) is 1. The number of aromatic nitrogens is 2. The van der Waals surface area contributed by atoms with Crippen LogP contribution in [0.5, 0.6) is 0 Å². The predicted molar refractivity (Wildman–Crippen MR) is 60.6 cm³/mol. The van der Waals surface area contributed by atoms with Crippen LogP contribution >= 0.6 is 31.9 Å². The Morgan fingerprint density at radius 2 is 2.33 bits per heavy atom. The van der Waals surface area contributed by atoms with Crippen LogP contribution in [0.4, 0.5) is 5.82 Å². The van der Waals surface area contributed by atoms with E-state index in [1.807, 2.05) is 0 Å². The summed E-state index contributed by atoms with van der Waals surface area (Å²) in [5, 5.41) is 9.04. The maximum atomic E-state index is 11.7. The van der Waals surface area contributed by atoms with Crippen LogP contribution in [0, 0.1) is 0 Å². The van der Waals surface area contributed by atoms with Gasteiger partial charge in [0.15, 0.2) is 4.67 Å². The van der Waals surface area contributed by atoms with Crippen LogP contribution in [0.15, 0.2) is 32.1 Å². The zero-order valence-corrected chi connectivity index (χ0v) is 10.4. The standard InChI is InChI=1S/C8H5Br2N3O2/c9-5-3-11-13-7(5)12-8(14)4-1-2-15-6(4)10/h1-3H,(H2,11,12,13,14).